The lowest BCUT2D eigenvalue weighted by molar-refractivity contribution is -0.137. The molecule has 9 heteroatoms. The fraction of sp³-hybridized carbons (Fsp3) is 0.333. The van der Waals surface area contributed by atoms with Crippen LogP contribution in [0.15, 0.2) is 42.5 Å². The van der Waals surface area contributed by atoms with Crippen LogP contribution in [-0.2, 0) is 11.2 Å². The zero-order chi connectivity index (χ0) is 21.7. The highest BCUT2D eigenvalue weighted by molar-refractivity contribution is 6.31. The number of carbonyl (C=O) groups is 2. The third-order valence-electron chi connectivity index (χ3n) is 5.04. The number of hydrogen-bond acceptors (Lipinski definition) is 4. The van der Waals surface area contributed by atoms with Gasteiger partial charge in [-0.25, -0.2) is 9.18 Å². The van der Waals surface area contributed by atoms with Gasteiger partial charge >= 0.3 is 6.03 Å². The van der Waals surface area contributed by atoms with Crippen LogP contribution in [0.3, 0.4) is 0 Å². The van der Waals surface area contributed by atoms with Gasteiger partial charge in [-0.15, -0.1) is 0 Å². The molecule has 1 saturated heterocycles. The lowest BCUT2D eigenvalue weighted by atomic mass is 9.88. The molecule has 4 N–H and O–H groups in total. The topological polar surface area (TPSA) is 105 Å². The Balaban J connectivity index is 1.54. The van der Waals surface area contributed by atoms with Gasteiger partial charge in [0.2, 0.25) is 0 Å². The molecule has 3 rings (SSSR count). The maximum atomic E-state index is 13.0. The highest BCUT2D eigenvalue weighted by Crippen LogP contribution is 2.28. The number of primary amides is 1. The van der Waals surface area contributed by atoms with Gasteiger partial charge in [0.1, 0.15) is 11.6 Å². The van der Waals surface area contributed by atoms with Crippen molar-refractivity contribution in [3.8, 4) is 5.75 Å². The van der Waals surface area contributed by atoms with Crippen LogP contribution in [0.2, 0.25) is 5.02 Å². The van der Waals surface area contributed by atoms with E-state index in [1.165, 1.54) is 24.3 Å². The average molecular weight is 436 g/mol. The summed E-state index contributed by atoms with van der Waals surface area (Å²) in [5.74, 6) is -0.329. The van der Waals surface area contributed by atoms with Gasteiger partial charge in [0.05, 0.1) is 11.8 Å². The predicted molar refractivity (Wildman–Crippen MR) is 111 cm³/mol. The fourth-order valence-corrected chi connectivity index (χ4v) is 3.63. The van der Waals surface area contributed by atoms with E-state index in [0.29, 0.717) is 24.4 Å². The number of β-amino-alcohol motifs (C(OH)–C–C–N with tert-alkyl or cyclic N) is 1. The number of urea groups is 1. The number of nitrogens with zero attached hydrogens (tertiary/aromatic N) is 1. The summed E-state index contributed by atoms with van der Waals surface area (Å²) in [6, 6.07) is 10.00. The van der Waals surface area contributed by atoms with Crippen molar-refractivity contribution < 1.29 is 23.8 Å². The van der Waals surface area contributed by atoms with Crippen molar-refractivity contribution in [3.05, 3.63) is 58.9 Å². The smallest absolute Gasteiger partial charge is 0.316 e. The molecule has 0 spiro atoms. The van der Waals surface area contributed by atoms with Crippen molar-refractivity contribution in [2.24, 2.45) is 11.7 Å². The van der Waals surface area contributed by atoms with Crippen LogP contribution in [0.25, 0.3) is 0 Å². The van der Waals surface area contributed by atoms with Crippen LogP contribution in [0.4, 0.5) is 14.9 Å². The zero-order valence-electron chi connectivity index (χ0n) is 16.2. The van der Waals surface area contributed by atoms with E-state index in [1.54, 1.807) is 23.1 Å². The SMILES string of the molecule is NC(=O)Nc1cc(Cl)ccc1OCC(=O)N1CC[C@@H](Cc2ccc(F)cc2)[C@@H](O)C1. The first kappa shape index (κ1) is 21.9. The molecule has 3 amide bonds. The number of piperidine rings is 1. The second-order valence-electron chi connectivity index (χ2n) is 7.20. The van der Waals surface area contributed by atoms with Crippen LogP contribution in [0.1, 0.15) is 12.0 Å². The molecule has 160 valence electrons. The van der Waals surface area contributed by atoms with Crippen molar-refractivity contribution in [1.29, 1.82) is 0 Å². The molecule has 7 nitrogen and oxygen atoms in total. The minimum atomic E-state index is -0.778. The standard InChI is InChI=1S/C21H23ClFN3O4/c22-15-3-6-19(17(10-15)25-21(24)29)30-12-20(28)26-8-7-14(18(27)11-26)9-13-1-4-16(23)5-2-13/h1-6,10,14,18,27H,7-9,11-12H2,(H3,24,25,29)/t14-,18-/m0/s1. The monoisotopic (exact) mass is 435 g/mol. The lowest BCUT2D eigenvalue weighted by Gasteiger charge is -2.36. The second-order valence-corrected chi connectivity index (χ2v) is 7.64. The Bertz CT molecular complexity index is 910. The highest BCUT2D eigenvalue weighted by atomic mass is 35.5. The van der Waals surface area contributed by atoms with Crippen LogP contribution in [0.5, 0.6) is 5.75 Å². The Morgan fingerprint density at radius 3 is 2.67 bits per heavy atom. The molecular formula is C21H23ClFN3O4. The number of halogens is 2. The Kier molecular flexibility index (Phi) is 7.12. The minimum Gasteiger partial charge on any atom is -0.482 e. The molecule has 0 aliphatic carbocycles. The van der Waals surface area contributed by atoms with Crippen molar-refractivity contribution in [3.63, 3.8) is 0 Å². The van der Waals surface area contributed by atoms with Crippen LogP contribution in [-0.4, -0.2) is 47.7 Å². The summed E-state index contributed by atoms with van der Waals surface area (Å²) in [6.07, 6.45) is 0.558. The number of aliphatic hydroxyl groups excluding tert-OH is 1. The summed E-state index contributed by atoms with van der Waals surface area (Å²) in [5, 5.41) is 13.3. The molecule has 0 aromatic heterocycles. The van der Waals surface area contributed by atoms with Crippen LogP contribution < -0.4 is 15.8 Å². The van der Waals surface area contributed by atoms with Gasteiger partial charge in [0, 0.05) is 18.1 Å². The van der Waals surface area contributed by atoms with E-state index >= 15 is 0 Å². The number of hydrogen-bond donors (Lipinski definition) is 3. The summed E-state index contributed by atoms with van der Waals surface area (Å²) in [5.41, 5.74) is 6.35. The number of aliphatic hydroxyl groups is 1. The molecule has 2 atom stereocenters. The van der Waals surface area contributed by atoms with Crippen molar-refractivity contribution >= 4 is 29.2 Å². The van der Waals surface area contributed by atoms with Gasteiger partial charge in [-0.05, 0) is 54.7 Å². The van der Waals surface area contributed by atoms with E-state index < -0.39 is 12.1 Å². The van der Waals surface area contributed by atoms with Gasteiger partial charge in [0.15, 0.2) is 6.61 Å². The molecule has 2 aromatic carbocycles. The number of anilines is 1. The Labute approximate surface area is 178 Å². The molecular weight excluding hydrogens is 413 g/mol. The first-order valence-corrected chi connectivity index (χ1v) is 9.88. The maximum Gasteiger partial charge on any atom is 0.316 e. The molecule has 0 saturated carbocycles. The number of carbonyl (C=O) groups excluding carboxylic acids is 2. The van der Waals surface area contributed by atoms with E-state index in [-0.39, 0.29) is 42.2 Å². The molecule has 30 heavy (non-hydrogen) atoms. The Morgan fingerprint density at radius 1 is 1.27 bits per heavy atom. The fourth-order valence-electron chi connectivity index (χ4n) is 3.46. The van der Waals surface area contributed by atoms with E-state index in [9.17, 15) is 19.1 Å². The van der Waals surface area contributed by atoms with Crippen LogP contribution >= 0.6 is 11.6 Å². The number of amides is 3. The number of nitrogens with one attached hydrogen (secondary N) is 1. The van der Waals surface area contributed by atoms with E-state index in [2.05, 4.69) is 5.32 Å². The molecule has 1 heterocycles. The quantitative estimate of drug-likeness (QED) is 0.648. The van der Waals surface area contributed by atoms with Gasteiger partial charge in [-0.1, -0.05) is 23.7 Å². The van der Waals surface area contributed by atoms with Crippen LogP contribution in [0, 0.1) is 11.7 Å². The molecule has 1 aliphatic rings. The van der Waals surface area contributed by atoms with Crippen molar-refractivity contribution in [2.45, 2.75) is 18.9 Å². The van der Waals surface area contributed by atoms with Crippen molar-refractivity contribution in [1.82, 2.24) is 4.90 Å². The third-order valence-corrected chi connectivity index (χ3v) is 5.27. The lowest BCUT2D eigenvalue weighted by Crippen LogP contribution is -2.48. The molecule has 0 bridgehead atoms. The maximum absolute atomic E-state index is 13.0. The van der Waals surface area contributed by atoms with Crippen molar-refractivity contribution in [2.75, 3.05) is 25.0 Å². The number of benzene rings is 2. The summed E-state index contributed by atoms with van der Waals surface area (Å²) in [7, 11) is 0. The molecule has 2 aromatic rings. The Hall–Kier alpha value is -2.84. The number of rotatable bonds is 6. The number of nitrogens with two attached hydrogens (primary N) is 1. The second kappa shape index (κ2) is 9.77. The highest BCUT2D eigenvalue weighted by Gasteiger charge is 2.30. The third kappa shape index (κ3) is 5.84. The first-order chi connectivity index (χ1) is 14.3. The first-order valence-electron chi connectivity index (χ1n) is 9.51. The largest absolute Gasteiger partial charge is 0.482 e. The molecule has 0 unspecified atom stereocenters. The van der Waals surface area contributed by atoms with E-state index in [4.69, 9.17) is 22.1 Å². The van der Waals surface area contributed by atoms with Gasteiger partial charge < -0.3 is 25.8 Å². The Morgan fingerprint density at radius 2 is 2.00 bits per heavy atom. The molecule has 0 radical (unpaired) electrons. The average Bonchev–Trinajstić information content (AvgIpc) is 2.70. The van der Waals surface area contributed by atoms with Gasteiger partial charge in [0.25, 0.3) is 5.91 Å². The molecule has 1 aliphatic heterocycles. The summed E-state index contributed by atoms with van der Waals surface area (Å²) in [4.78, 5) is 25.2. The molecule has 1 fully saturated rings. The number of ether oxygens (including phenoxy) is 1. The summed E-state index contributed by atoms with van der Waals surface area (Å²) >= 11 is 5.91. The number of likely N-dealkylation sites (tertiary alicyclic amines) is 1. The van der Waals surface area contributed by atoms with E-state index in [0.717, 1.165) is 5.56 Å². The summed E-state index contributed by atoms with van der Waals surface area (Å²) < 4.78 is 18.6. The van der Waals surface area contributed by atoms with Gasteiger partial charge in [-0.3, -0.25) is 4.79 Å². The van der Waals surface area contributed by atoms with E-state index in [1.807, 2.05) is 0 Å². The zero-order valence-corrected chi connectivity index (χ0v) is 16.9. The minimum absolute atomic E-state index is 0.0111. The normalized spacial score (nSPS) is 18.7. The van der Waals surface area contributed by atoms with Gasteiger partial charge in [-0.2, -0.15) is 0 Å². The summed E-state index contributed by atoms with van der Waals surface area (Å²) in [6.45, 7) is 0.420. The predicted octanol–water partition coefficient (Wildman–Crippen LogP) is 2.80.